The Labute approximate surface area is 150 Å². The van der Waals surface area contributed by atoms with Crippen LogP contribution in [0, 0.1) is 5.82 Å². The monoisotopic (exact) mass is 365 g/mol. The van der Waals surface area contributed by atoms with Crippen molar-refractivity contribution in [2.45, 2.75) is 0 Å². The quantitative estimate of drug-likeness (QED) is 0.700. The van der Waals surface area contributed by atoms with Crippen molar-refractivity contribution in [3.63, 3.8) is 0 Å². The second kappa shape index (κ2) is 6.53. The van der Waals surface area contributed by atoms with Gasteiger partial charge in [0.05, 0.1) is 10.2 Å². The van der Waals surface area contributed by atoms with E-state index in [0.717, 1.165) is 16.6 Å². The molecule has 1 aromatic heterocycles. The van der Waals surface area contributed by atoms with Crippen molar-refractivity contribution in [1.82, 2.24) is 4.98 Å². The molecule has 0 unspecified atom stereocenters. The molecule has 0 saturated carbocycles. The molecule has 4 rings (SSSR count). The van der Waals surface area contributed by atoms with Crippen LogP contribution >= 0.6 is 11.3 Å². The number of halogens is 1. The lowest BCUT2D eigenvalue weighted by Crippen LogP contribution is -2.29. The zero-order valence-electron chi connectivity index (χ0n) is 13.3. The fourth-order valence-electron chi connectivity index (χ4n) is 2.57. The fraction of sp³-hybridized carbons (Fsp3) is 0. The molecule has 26 heavy (non-hydrogen) atoms. The maximum absolute atomic E-state index is 13.0. The summed E-state index contributed by atoms with van der Waals surface area (Å²) in [7, 11) is 0. The zero-order valence-corrected chi connectivity index (χ0v) is 14.1. The molecule has 0 spiro atoms. The van der Waals surface area contributed by atoms with Crippen molar-refractivity contribution >= 4 is 40.9 Å². The minimum Gasteiger partial charge on any atom is -0.341 e. The molecule has 2 N–H and O–H groups in total. The van der Waals surface area contributed by atoms with Gasteiger partial charge in [0.25, 0.3) is 5.91 Å². The lowest BCUT2D eigenvalue weighted by Gasteiger charge is -2.06. The number of thiazole rings is 1. The van der Waals surface area contributed by atoms with E-state index in [-0.39, 0.29) is 16.6 Å². The number of benzene rings is 2. The van der Waals surface area contributed by atoms with Gasteiger partial charge in [-0.15, -0.1) is 0 Å². The number of aromatic amines is 1. The summed E-state index contributed by atoms with van der Waals surface area (Å²) in [6.45, 7) is 0. The lowest BCUT2D eigenvalue weighted by atomic mass is 10.1. The van der Waals surface area contributed by atoms with Gasteiger partial charge in [0.15, 0.2) is 0 Å². The molecule has 0 atom stereocenters. The van der Waals surface area contributed by atoms with Crippen LogP contribution in [0.1, 0.15) is 4.88 Å². The van der Waals surface area contributed by atoms with E-state index in [1.54, 1.807) is 30.4 Å². The van der Waals surface area contributed by atoms with Crippen molar-refractivity contribution in [2.24, 2.45) is 4.99 Å². The fourth-order valence-corrected chi connectivity index (χ4v) is 3.31. The first kappa shape index (κ1) is 16.2. The Morgan fingerprint density at radius 3 is 2.65 bits per heavy atom. The highest BCUT2D eigenvalue weighted by Gasteiger charge is 2.13. The summed E-state index contributed by atoms with van der Waals surface area (Å²) in [6, 6.07) is 13.1. The predicted octanol–water partition coefficient (Wildman–Crippen LogP) is 2.34. The van der Waals surface area contributed by atoms with Gasteiger partial charge < -0.3 is 5.32 Å². The van der Waals surface area contributed by atoms with Crippen molar-refractivity contribution in [3.8, 4) is 0 Å². The molecule has 0 radical (unpaired) electrons. The van der Waals surface area contributed by atoms with Crippen molar-refractivity contribution in [1.29, 1.82) is 0 Å². The van der Waals surface area contributed by atoms with E-state index in [2.05, 4.69) is 15.3 Å². The van der Waals surface area contributed by atoms with Crippen molar-refractivity contribution in [3.05, 3.63) is 85.0 Å². The van der Waals surface area contributed by atoms with Crippen LogP contribution in [-0.2, 0) is 4.79 Å². The minimum atomic E-state index is -0.364. The third-order valence-corrected chi connectivity index (χ3v) is 4.62. The predicted molar refractivity (Wildman–Crippen MR) is 99.3 cm³/mol. The first-order valence-electron chi connectivity index (χ1n) is 7.76. The number of para-hydroxylation sites is 1. The zero-order chi connectivity index (χ0) is 18.1. The van der Waals surface area contributed by atoms with E-state index < -0.39 is 0 Å². The van der Waals surface area contributed by atoms with Crippen LogP contribution in [0.4, 0.5) is 15.9 Å². The van der Waals surface area contributed by atoms with Gasteiger partial charge in [-0.1, -0.05) is 29.5 Å². The molecule has 1 aliphatic heterocycles. The molecule has 0 fully saturated rings. The summed E-state index contributed by atoms with van der Waals surface area (Å²) < 4.78 is 13.0. The van der Waals surface area contributed by atoms with Gasteiger partial charge in [-0.3, -0.25) is 14.6 Å². The molecule has 1 amide bonds. The van der Waals surface area contributed by atoms with E-state index in [1.807, 2.05) is 18.2 Å². The summed E-state index contributed by atoms with van der Waals surface area (Å²) in [4.78, 5) is 31.1. The molecule has 7 heteroatoms. The van der Waals surface area contributed by atoms with Gasteiger partial charge in [-0.2, -0.15) is 0 Å². The van der Waals surface area contributed by atoms with Crippen LogP contribution in [0.3, 0.4) is 0 Å². The number of hydrogen-bond donors (Lipinski definition) is 2. The van der Waals surface area contributed by atoms with Crippen LogP contribution in [0.5, 0.6) is 0 Å². The molecule has 0 saturated heterocycles. The third-order valence-electron chi connectivity index (χ3n) is 3.79. The van der Waals surface area contributed by atoms with Gasteiger partial charge >= 0.3 is 4.87 Å². The van der Waals surface area contributed by atoms with E-state index in [1.165, 1.54) is 12.1 Å². The standard InChI is InChI=1S/C19H12FN3O2S/c20-13-5-7-14(8-6-13)21-17-16(26-19(25)23-17)10-12-9-11-3-1-2-4-15(11)22-18(12)24/h1-10,21H,(H,23,25)/b12-10-. The summed E-state index contributed by atoms with van der Waals surface area (Å²) in [5.41, 5.74) is 1.01. The Morgan fingerprint density at radius 1 is 1.08 bits per heavy atom. The number of fused-ring (bicyclic) bond motifs is 1. The average Bonchev–Trinajstić information content (AvgIpc) is 2.96. The number of nitrogens with one attached hydrogen (secondary N) is 2. The van der Waals surface area contributed by atoms with E-state index >= 15 is 0 Å². The molecule has 0 aliphatic carbocycles. The lowest BCUT2D eigenvalue weighted by molar-refractivity contribution is -0.114. The molecule has 128 valence electrons. The highest BCUT2D eigenvalue weighted by atomic mass is 32.1. The Hall–Kier alpha value is -3.32. The average molecular weight is 365 g/mol. The first-order valence-corrected chi connectivity index (χ1v) is 8.57. The number of H-pyrrole nitrogens is 1. The summed E-state index contributed by atoms with van der Waals surface area (Å²) in [6.07, 6.45) is 3.37. The number of anilines is 2. The molecule has 2 heterocycles. The highest BCUT2D eigenvalue weighted by molar-refractivity contribution is 7.10. The molecule has 5 nitrogen and oxygen atoms in total. The van der Waals surface area contributed by atoms with Crippen LogP contribution in [0.15, 0.2) is 63.9 Å². The van der Waals surface area contributed by atoms with Crippen LogP contribution < -0.4 is 20.8 Å². The third kappa shape index (κ3) is 3.25. The number of carbonyl (C=O) groups is 1. The maximum Gasteiger partial charge on any atom is 0.306 e. The van der Waals surface area contributed by atoms with E-state index in [0.29, 0.717) is 27.3 Å². The topological polar surface area (TPSA) is 74.3 Å². The van der Waals surface area contributed by atoms with Gasteiger partial charge in [0.2, 0.25) is 0 Å². The van der Waals surface area contributed by atoms with Crippen LogP contribution in [0.25, 0.3) is 12.2 Å². The molecule has 0 bridgehead atoms. The van der Waals surface area contributed by atoms with Gasteiger partial charge in [-0.25, -0.2) is 9.38 Å². The Balaban J connectivity index is 1.74. The van der Waals surface area contributed by atoms with Crippen LogP contribution in [-0.4, -0.2) is 10.9 Å². The second-order valence-electron chi connectivity index (χ2n) is 5.61. The number of nitrogens with zero attached hydrogens (tertiary/aromatic N) is 1. The van der Waals surface area contributed by atoms with Crippen molar-refractivity contribution in [2.75, 3.05) is 5.32 Å². The maximum atomic E-state index is 13.0. The Bertz CT molecular complexity index is 1210. The van der Waals surface area contributed by atoms with Gasteiger partial charge in [0, 0.05) is 16.5 Å². The minimum absolute atomic E-state index is 0.262. The summed E-state index contributed by atoms with van der Waals surface area (Å²) >= 11 is 0.976. The van der Waals surface area contributed by atoms with Crippen LogP contribution in [0.2, 0.25) is 0 Å². The molecular weight excluding hydrogens is 353 g/mol. The van der Waals surface area contributed by atoms with Gasteiger partial charge in [-0.05, 0) is 42.5 Å². The second-order valence-corrected chi connectivity index (χ2v) is 6.62. The first-order chi connectivity index (χ1) is 12.6. The van der Waals surface area contributed by atoms with E-state index in [9.17, 15) is 14.0 Å². The SMILES string of the molecule is O=C1N=c2ccccc2=C/C1=C/c1sc(=O)[nH]c1Nc1ccc(F)cc1. The van der Waals surface area contributed by atoms with E-state index in [4.69, 9.17) is 0 Å². The number of aromatic nitrogens is 1. The smallest absolute Gasteiger partial charge is 0.306 e. The Kier molecular flexibility index (Phi) is 4.06. The molecule has 2 aromatic carbocycles. The van der Waals surface area contributed by atoms with Gasteiger partial charge in [0.1, 0.15) is 11.6 Å². The largest absolute Gasteiger partial charge is 0.341 e. The molecular formula is C19H12FN3O2S. The number of hydrogen-bond acceptors (Lipinski definition) is 4. The summed E-state index contributed by atoms with van der Waals surface area (Å²) in [5, 5.41) is 4.50. The van der Waals surface area contributed by atoms with Crippen molar-refractivity contribution < 1.29 is 9.18 Å². The normalized spacial score (nSPS) is 14.5. The number of carbonyl (C=O) groups excluding carboxylic acids is 1. The Morgan fingerprint density at radius 2 is 1.85 bits per heavy atom. The number of rotatable bonds is 3. The number of amides is 1. The molecule has 1 aliphatic rings. The molecule has 3 aromatic rings. The summed E-state index contributed by atoms with van der Waals surface area (Å²) in [5.74, 6) is -0.268. The highest BCUT2D eigenvalue weighted by Crippen LogP contribution is 2.24.